The van der Waals surface area contributed by atoms with Crippen molar-refractivity contribution >= 4 is 11.1 Å². The van der Waals surface area contributed by atoms with E-state index in [1.165, 1.54) is 5.56 Å². The molecule has 0 aliphatic heterocycles. The van der Waals surface area contributed by atoms with Gasteiger partial charge in [-0.25, -0.2) is 0 Å². The third kappa shape index (κ3) is 2.59. The third-order valence-corrected chi connectivity index (χ3v) is 3.77. The van der Waals surface area contributed by atoms with Crippen LogP contribution in [0.2, 0.25) is 0 Å². The second-order valence-corrected chi connectivity index (χ2v) is 6.09. The van der Waals surface area contributed by atoms with Gasteiger partial charge in [0.1, 0.15) is 5.75 Å². The summed E-state index contributed by atoms with van der Waals surface area (Å²) in [6.07, 6.45) is 0.532. The molecule has 0 saturated heterocycles. The number of ether oxygens (including phenoxy) is 1. The van der Waals surface area contributed by atoms with Crippen LogP contribution >= 0.6 is 0 Å². The molecule has 3 nitrogen and oxygen atoms in total. The smallest absolute Gasteiger partial charge is 0.374 e. The lowest BCUT2D eigenvalue weighted by atomic mass is 10.0. The van der Waals surface area contributed by atoms with Crippen LogP contribution in [-0.4, -0.2) is 0 Å². The first-order chi connectivity index (χ1) is 10.6. The highest BCUT2D eigenvalue weighted by atomic mass is 16.6. The maximum Gasteiger partial charge on any atom is 0.567 e. The molecule has 0 unspecified atom stereocenters. The van der Waals surface area contributed by atoms with Crippen LogP contribution in [-0.2, 0) is 0 Å². The van der Waals surface area contributed by atoms with Gasteiger partial charge in [0, 0.05) is 6.07 Å². The summed E-state index contributed by atoms with van der Waals surface area (Å²) in [6.45, 7) is 8.58. The first-order valence-corrected chi connectivity index (χ1v) is 7.77. The van der Waals surface area contributed by atoms with Gasteiger partial charge in [-0.1, -0.05) is 44.2 Å². The van der Waals surface area contributed by atoms with Crippen molar-refractivity contribution in [3.63, 3.8) is 0 Å². The zero-order valence-corrected chi connectivity index (χ0v) is 13.5. The molecule has 0 aliphatic carbocycles. The van der Waals surface area contributed by atoms with Crippen LogP contribution in [0.3, 0.4) is 0 Å². The van der Waals surface area contributed by atoms with Crippen molar-refractivity contribution in [3.05, 3.63) is 54.1 Å². The van der Waals surface area contributed by atoms with E-state index in [1.54, 1.807) is 0 Å². The van der Waals surface area contributed by atoms with Crippen LogP contribution in [0.15, 0.2) is 52.9 Å². The fraction of sp³-hybridized carbons (Fsp3) is 0.316. The third-order valence-electron chi connectivity index (χ3n) is 3.77. The van der Waals surface area contributed by atoms with Crippen molar-refractivity contribution in [1.82, 2.24) is 0 Å². The average molecular weight is 296 g/mol. The summed E-state index contributed by atoms with van der Waals surface area (Å²) >= 11 is 0. The van der Waals surface area contributed by atoms with E-state index in [1.807, 2.05) is 36.4 Å². The Hall–Kier alpha value is -2.29. The Balaban J connectivity index is 2.10. The van der Waals surface area contributed by atoms with Crippen LogP contribution in [0.1, 0.15) is 45.2 Å². The Morgan fingerprint density at radius 3 is 2.32 bits per heavy atom. The summed E-state index contributed by atoms with van der Waals surface area (Å²) in [6, 6.07) is 16.4. The van der Waals surface area contributed by atoms with Gasteiger partial charge in [0.05, 0.1) is 0 Å². The van der Waals surface area contributed by atoms with Crippen LogP contribution in [0, 0.1) is 0 Å². The molecule has 0 amide bonds. The van der Waals surface area contributed by atoms with Crippen molar-refractivity contribution in [2.24, 2.45) is 0 Å². The lowest BCUT2D eigenvalue weighted by Crippen LogP contribution is -2.36. The zero-order chi connectivity index (χ0) is 15.7. The molecule has 2 aromatic carbocycles. The minimum absolute atomic E-state index is 0.255. The molecular formula is C19H22NO2+. The van der Waals surface area contributed by atoms with Crippen molar-refractivity contribution in [1.29, 1.82) is 0 Å². The summed E-state index contributed by atoms with van der Waals surface area (Å²) in [7, 11) is 0. The molecule has 1 heterocycles. The van der Waals surface area contributed by atoms with Gasteiger partial charge >= 0.3 is 6.08 Å². The van der Waals surface area contributed by atoms with E-state index in [0.717, 1.165) is 16.8 Å². The lowest BCUT2D eigenvalue weighted by molar-refractivity contribution is -0.699. The number of fused-ring (bicyclic) bond motifs is 1. The predicted octanol–water partition coefficient (Wildman–Crippen LogP) is 5.22. The van der Waals surface area contributed by atoms with Crippen LogP contribution < -0.4 is 9.30 Å². The largest absolute Gasteiger partial charge is 0.567 e. The van der Waals surface area contributed by atoms with Gasteiger partial charge in [-0.3, -0.25) is 0 Å². The van der Waals surface area contributed by atoms with Crippen LogP contribution in [0.5, 0.6) is 11.8 Å². The summed E-state index contributed by atoms with van der Waals surface area (Å²) in [5.41, 5.74) is 3.07. The molecule has 3 aromatic rings. The average Bonchev–Trinajstić information content (AvgIpc) is 2.85. The first-order valence-electron chi connectivity index (χ1n) is 7.77. The molecule has 0 radical (unpaired) electrons. The second kappa shape index (κ2) is 5.84. The molecule has 0 saturated carbocycles. The number of nitrogens with zero attached hydrogens (tertiary/aromatic N) is 1. The van der Waals surface area contributed by atoms with Crippen molar-refractivity contribution in [2.45, 2.75) is 39.7 Å². The molecule has 0 atom stereocenters. The van der Waals surface area contributed by atoms with E-state index >= 15 is 0 Å². The molecule has 3 heteroatoms. The van der Waals surface area contributed by atoms with E-state index in [9.17, 15) is 0 Å². The van der Waals surface area contributed by atoms with E-state index < -0.39 is 0 Å². The van der Waals surface area contributed by atoms with Gasteiger partial charge in [0.25, 0.3) is 5.52 Å². The second-order valence-electron chi connectivity index (χ2n) is 6.09. The SMILES string of the molecule is CC(C)c1ccccc1Oc1oc2ccccc2[n+]1C(C)C. The predicted molar refractivity (Wildman–Crippen MR) is 87.4 cm³/mol. The molecule has 0 fully saturated rings. The quantitative estimate of drug-likeness (QED) is 0.617. The summed E-state index contributed by atoms with van der Waals surface area (Å²) in [4.78, 5) is 0. The molecular weight excluding hydrogens is 274 g/mol. The van der Waals surface area contributed by atoms with Gasteiger partial charge in [-0.05, 0) is 37.5 Å². The normalized spacial score (nSPS) is 11.5. The molecule has 22 heavy (non-hydrogen) atoms. The molecule has 0 bridgehead atoms. The van der Waals surface area contributed by atoms with Crippen LogP contribution in [0.25, 0.3) is 11.1 Å². The Morgan fingerprint density at radius 1 is 0.909 bits per heavy atom. The fourth-order valence-corrected chi connectivity index (χ4v) is 2.69. The number of aromatic nitrogens is 1. The van der Waals surface area contributed by atoms with Crippen molar-refractivity contribution in [2.75, 3.05) is 0 Å². The Kier molecular flexibility index (Phi) is 3.88. The Labute approximate surface area is 131 Å². The van der Waals surface area contributed by atoms with Crippen LogP contribution in [0.4, 0.5) is 0 Å². The summed E-state index contributed by atoms with van der Waals surface area (Å²) in [5, 5.41) is 0. The van der Waals surface area contributed by atoms with E-state index in [-0.39, 0.29) is 6.04 Å². The van der Waals surface area contributed by atoms with Gasteiger partial charge in [0.2, 0.25) is 5.58 Å². The summed E-state index contributed by atoms with van der Waals surface area (Å²) < 4.78 is 14.2. The number of para-hydroxylation sites is 3. The minimum atomic E-state index is 0.255. The van der Waals surface area contributed by atoms with Gasteiger partial charge < -0.3 is 9.15 Å². The molecule has 1 aromatic heterocycles. The molecule has 0 aliphatic rings. The van der Waals surface area contributed by atoms with Crippen molar-refractivity contribution < 1.29 is 13.7 Å². The number of benzene rings is 2. The van der Waals surface area contributed by atoms with E-state index in [0.29, 0.717) is 12.0 Å². The first kappa shape index (κ1) is 14.6. The van der Waals surface area contributed by atoms with Gasteiger partial charge in [0.15, 0.2) is 6.04 Å². The van der Waals surface area contributed by atoms with Gasteiger partial charge in [-0.15, -0.1) is 4.57 Å². The highest BCUT2D eigenvalue weighted by molar-refractivity contribution is 5.68. The van der Waals surface area contributed by atoms with E-state index in [2.05, 4.69) is 44.4 Å². The van der Waals surface area contributed by atoms with Crippen molar-refractivity contribution in [3.8, 4) is 11.8 Å². The maximum atomic E-state index is 6.14. The highest BCUT2D eigenvalue weighted by Crippen LogP contribution is 2.31. The molecule has 3 rings (SSSR count). The van der Waals surface area contributed by atoms with Gasteiger partial charge in [-0.2, -0.15) is 0 Å². The number of hydrogen-bond donors (Lipinski definition) is 0. The Morgan fingerprint density at radius 2 is 1.59 bits per heavy atom. The standard InChI is InChI=1S/C19H22NO2/c1-13(2)15-9-5-7-11-17(15)21-19-20(14(3)4)16-10-6-8-12-18(16)22-19/h5-14H,1-4H3/q+1. The molecule has 0 spiro atoms. The summed E-state index contributed by atoms with van der Waals surface area (Å²) in [5.74, 6) is 1.25. The molecule has 0 N–H and O–H groups in total. The number of hydrogen-bond acceptors (Lipinski definition) is 2. The zero-order valence-electron chi connectivity index (χ0n) is 13.5. The Bertz CT molecular complexity index is 787. The highest BCUT2D eigenvalue weighted by Gasteiger charge is 2.28. The topological polar surface area (TPSA) is 26.2 Å². The lowest BCUT2D eigenvalue weighted by Gasteiger charge is -2.10. The van der Waals surface area contributed by atoms with E-state index in [4.69, 9.17) is 9.15 Å². The number of oxazole rings is 1. The molecule has 114 valence electrons. The fourth-order valence-electron chi connectivity index (χ4n) is 2.69. The monoisotopic (exact) mass is 296 g/mol. The minimum Gasteiger partial charge on any atom is -0.374 e. The number of rotatable bonds is 4. The maximum absolute atomic E-state index is 6.14.